The Bertz CT molecular complexity index is 823. The quantitative estimate of drug-likeness (QED) is 0.646. The molecule has 4 heteroatoms. The molecule has 0 amide bonds. The summed E-state index contributed by atoms with van der Waals surface area (Å²) in [5.41, 5.74) is 9.13. The predicted octanol–water partition coefficient (Wildman–Crippen LogP) is 3.91. The molecule has 0 unspecified atom stereocenters. The van der Waals surface area contributed by atoms with Gasteiger partial charge in [-0.25, -0.2) is 0 Å². The van der Waals surface area contributed by atoms with Crippen LogP contribution in [0.1, 0.15) is 5.56 Å². The van der Waals surface area contributed by atoms with Crippen molar-refractivity contribution in [3.8, 4) is 6.07 Å². The van der Waals surface area contributed by atoms with Crippen LogP contribution in [0, 0.1) is 11.3 Å². The van der Waals surface area contributed by atoms with Crippen molar-refractivity contribution in [2.24, 2.45) is 0 Å². The first-order valence-electron chi connectivity index (χ1n) is 6.66. The van der Waals surface area contributed by atoms with E-state index in [9.17, 15) is 5.26 Å². The molecule has 1 aromatic heterocycles. The topological polar surface area (TPSA) is 74.7 Å². The molecule has 22 heavy (non-hydrogen) atoms. The fraction of sp³-hybridized carbons (Fsp3) is 0. The summed E-state index contributed by atoms with van der Waals surface area (Å²) in [6.45, 7) is 7.34. The number of benzene rings is 1. The summed E-state index contributed by atoms with van der Waals surface area (Å²) in [7, 11) is 0. The summed E-state index contributed by atoms with van der Waals surface area (Å²) in [5.74, 6) is 0. The highest BCUT2D eigenvalue weighted by molar-refractivity contribution is 5.96. The number of aromatic nitrogens is 1. The van der Waals surface area contributed by atoms with Crippen LogP contribution in [0.25, 0.3) is 10.9 Å². The number of nitrogens with two attached hydrogens (primary N) is 1. The van der Waals surface area contributed by atoms with Gasteiger partial charge in [0, 0.05) is 23.0 Å². The number of nitrogens with zero attached hydrogens (tertiary/aromatic N) is 2. The molecule has 0 saturated heterocycles. The second-order valence-electron chi connectivity index (χ2n) is 4.51. The van der Waals surface area contributed by atoms with Gasteiger partial charge in [0.05, 0.1) is 16.8 Å². The predicted molar refractivity (Wildman–Crippen MR) is 92.1 cm³/mol. The molecule has 0 spiro atoms. The van der Waals surface area contributed by atoms with Crippen molar-refractivity contribution >= 4 is 22.3 Å². The number of fused-ring (bicyclic) bond motifs is 1. The first-order valence-corrected chi connectivity index (χ1v) is 6.66. The van der Waals surface area contributed by atoms with E-state index in [-0.39, 0.29) is 0 Å². The molecular weight excluding hydrogens is 272 g/mol. The van der Waals surface area contributed by atoms with Gasteiger partial charge in [-0.05, 0) is 30.4 Å². The van der Waals surface area contributed by atoms with Crippen LogP contribution in [0.3, 0.4) is 0 Å². The van der Waals surface area contributed by atoms with Crippen molar-refractivity contribution in [1.82, 2.24) is 4.98 Å². The molecule has 1 aromatic carbocycles. The Hall–Kier alpha value is -3.32. The summed E-state index contributed by atoms with van der Waals surface area (Å²) < 4.78 is 0. The number of hydrogen-bond acceptors (Lipinski definition) is 4. The van der Waals surface area contributed by atoms with Crippen molar-refractivity contribution in [3.63, 3.8) is 0 Å². The summed E-state index contributed by atoms with van der Waals surface area (Å²) in [4.78, 5) is 4.28. The fourth-order valence-corrected chi connectivity index (χ4v) is 2.01. The van der Waals surface area contributed by atoms with Crippen LogP contribution in [-0.4, -0.2) is 4.98 Å². The van der Waals surface area contributed by atoms with Gasteiger partial charge >= 0.3 is 0 Å². The number of anilines is 2. The minimum atomic E-state index is 0.445. The minimum Gasteiger partial charge on any atom is -0.399 e. The molecule has 2 rings (SSSR count). The summed E-state index contributed by atoms with van der Waals surface area (Å²) in [5, 5.41) is 13.4. The molecule has 0 aliphatic rings. The molecule has 1 heterocycles. The van der Waals surface area contributed by atoms with E-state index < -0.39 is 0 Å². The van der Waals surface area contributed by atoms with Gasteiger partial charge in [0.25, 0.3) is 0 Å². The van der Waals surface area contributed by atoms with Gasteiger partial charge in [-0.3, -0.25) is 4.98 Å². The fourth-order valence-electron chi connectivity index (χ4n) is 2.01. The van der Waals surface area contributed by atoms with Crippen molar-refractivity contribution < 1.29 is 0 Å². The number of nitrogen functional groups attached to an aromatic ring is 1. The van der Waals surface area contributed by atoms with Crippen LogP contribution >= 0.6 is 0 Å². The average Bonchev–Trinajstić information content (AvgIpc) is 2.53. The first kappa shape index (κ1) is 15.1. The molecule has 0 saturated carbocycles. The third-order valence-electron chi connectivity index (χ3n) is 2.99. The molecule has 0 bridgehead atoms. The lowest BCUT2D eigenvalue weighted by atomic mass is 10.1. The SMILES string of the molecule is C=C/C=C\C(=C/C=C)Nc1c(C#N)cnc2ccc(N)cc12. The lowest BCUT2D eigenvalue weighted by molar-refractivity contribution is 1.35. The summed E-state index contributed by atoms with van der Waals surface area (Å²) in [6.07, 6.45) is 10.3. The monoisotopic (exact) mass is 288 g/mol. The highest BCUT2D eigenvalue weighted by Gasteiger charge is 2.09. The zero-order chi connectivity index (χ0) is 15.9. The molecule has 2 aromatic rings. The van der Waals surface area contributed by atoms with E-state index in [4.69, 9.17) is 5.73 Å². The number of nitriles is 1. The van der Waals surface area contributed by atoms with E-state index in [1.165, 1.54) is 0 Å². The molecule has 3 N–H and O–H groups in total. The van der Waals surface area contributed by atoms with Gasteiger partial charge in [0.15, 0.2) is 0 Å². The standard InChI is InChI=1S/C18H16N4/c1-3-5-7-15(6-4-2)22-18-13(11-19)12-21-17-9-8-14(20)10-16(17)18/h3-10,12H,1-2,20H2,(H,21,22)/b7-5-,15-6+. The van der Waals surface area contributed by atoms with E-state index in [1.807, 2.05) is 12.1 Å². The number of rotatable bonds is 5. The van der Waals surface area contributed by atoms with Gasteiger partial charge in [0.1, 0.15) is 6.07 Å². The second kappa shape index (κ2) is 6.91. The van der Waals surface area contributed by atoms with Gasteiger partial charge in [-0.1, -0.05) is 31.4 Å². The average molecular weight is 288 g/mol. The molecular formula is C18H16N4. The highest BCUT2D eigenvalue weighted by Crippen LogP contribution is 2.28. The van der Waals surface area contributed by atoms with E-state index in [0.717, 1.165) is 16.6 Å². The van der Waals surface area contributed by atoms with Crippen molar-refractivity contribution in [2.75, 3.05) is 11.1 Å². The Kier molecular flexibility index (Phi) is 4.74. The molecule has 0 aliphatic carbocycles. The van der Waals surface area contributed by atoms with E-state index >= 15 is 0 Å². The molecule has 0 fully saturated rings. The van der Waals surface area contributed by atoms with Gasteiger partial charge in [-0.2, -0.15) is 5.26 Å². The third kappa shape index (κ3) is 3.22. The van der Waals surface area contributed by atoms with Crippen LogP contribution in [0.4, 0.5) is 11.4 Å². The summed E-state index contributed by atoms with van der Waals surface area (Å²) >= 11 is 0. The van der Waals surface area contributed by atoms with Crippen LogP contribution in [0.15, 0.2) is 73.6 Å². The van der Waals surface area contributed by atoms with Crippen molar-refractivity contribution in [3.05, 3.63) is 79.2 Å². The molecule has 0 radical (unpaired) electrons. The Morgan fingerprint density at radius 2 is 2.14 bits per heavy atom. The Morgan fingerprint density at radius 1 is 1.32 bits per heavy atom. The smallest absolute Gasteiger partial charge is 0.103 e. The first-order chi connectivity index (χ1) is 10.7. The maximum Gasteiger partial charge on any atom is 0.103 e. The number of pyridine rings is 1. The Morgan fingerprint density at radius 3 is 2.82 bits per heavy atom. The number of nitrogens with one attached hydrogen (secondary N) is 1. The lowest BCUT2D eigenvalue weighted by Crippen LogP contribution is -2.01. The van der Waals surface area contributed by atoms with Crippen molar-refractivity contribution in [2.45, 2.75) is 0 Å². The Balaban J connectivity index is 2.61. The summed E-state index contributed by atoms with van der Waals surface area (Å²) in [6, 6.07) is 7.56. The molecule has 0 atom stereocenters. The Labute approximate surface area is 129 Å². The third-order valence-corrected chi connectivity index (χ3v) is 2.99. The number of allylic oxidation sites excluding steroid dienone is 5. The van der Waals surface area contributed by atoms with Gasteiger partial charge in [0.2, 0.25) is 0 Å². The van der Waals surface area contributed by atoms with E-state index in [2.05, 4.69) is 29.5 Å². The minimum absolute atomic E-state index is 0.445. The molecule has 4 nitrogen and oxygen atoms in total. The van der Waals surface area contributed by atoms with Crippen LogP contribution in [0.2, 0.25) is 0 Å². The van der Waals surface area contributed by atoms with E-state index in [0.29, 0.717) is 16.9 Å². The zero-order valence-corrected chi connectivity index (χ0v) is 12.1. The van der Waals surface area contributed by atoms with Crippen molar-refractivity contribution in [1.29, 1.82) is 5.26 Å². The largest absolute Gasteiger partial charge is 0.399 e. The van der Waals surface area contributed by atoms with Gasteiger partial charge in [-0.15, -0.1) is 0 Å². The maximum atomic E-state index is 9.33. The second-order valence-corrected chi connectivity index (χ2v) is 4.51. The van der Waals surface area contributed by atoms with Gasteiger partial charge < -0.3 is 11.1 Å². The van der Waals surface area contributed by atoms with Crippen LogP contribution in [0.5, 0.6) is 0 Å². The van der Waals surface area contributed by atoms with Crippen LogP contribution < -0.4 is 11.1 Å². The number of hydrogen-bond donors (Lipinski definition) is 2. The molecule has 108 valence electrons. The lowest BCUT2D eigenvalue weighted by Gasteiger charge is -2.12. The highest BCUT2D eigenvalue weighted by atomic mass is 14.9. The molecule has 0 aliphatic heterocycles. The van der Waals surface area contributed by atoms with E-state index in [1.54, 1.807) is 42.6 Å². The zero-order valence-electron chi connectivity index (χ0n) is 12.1. The van der Waals surface area contributed by atoms with Crippen LogP contribution in [-0.2, 0) is 0 Å². The normalized spacial score (nSPS) is 11.3. The maximum absolute atomic E-state index is 9.33.